The van der Waals surface area contributed by atoms with Crippen LogP contribution in [-0.4, -0.2) is 61.5 Å². The second kappa shape index (κ2) is 88.0. The largest absolute Gasteiger partial charge is 0 e. The molecule has 113 valence electrons. The fraction of sp³-hybridized carbons (Fsp3) is 0.250. The molecule has 0 saturated heterocycles. The molecule has 0 fully saturated rings. The van der Waals surface area contributed by atoms with E-state index in [1.54, 1.807) is 5.70 Å². The normalized spacial score (nSPS) is 3.75. The summed E-state index contributed by atoms with van der Waals surface area (Å²) in [5.41, 5.74) is 1.68. The molecule has 0 bridgehead atoms. The summed E-state index contributed by atoms with van der Waals surface area (Å²) in [4.78, 5) is 0. The van der Waals surface area contributed by atoms with Crippen molar-refractivity contribution in [1.29, 1.82) is 0 Å². The zero-order valence-electron chi connectivity index (χ0n) is 11.4. The summed E-state index contributed by atoms with van der Waals surface area (Å²) in [6, 6.07) is 27.7. The quantitative estimate of drug-likeness (QED) is 0.206. The van der Waals surface area contributed by atoms with Gasteiger partial charge in [-0.25, -0.2) is 0 Å². The molecule has 0 aromatic rings. The van der Waals surface area contributed by atoms with Crippen molar-refractivity contribution >= 4 is 61.5 Å². The van der Waals surface area contributed by atoms with Gasteiger partial charge >= 0.3 is 21.1 Å². The van der Waals surface area contributed by atoms with Crippen LogP contribution in [0.3, 0.4) is 0 Å². The predicted octanol–water partition coefficient (Wildman–Crippen LogP) is 0.155. The Bertz CT molecular complexity index is 313. The Morgan fingerprint density at radius 1 is 1.00 bits per heavy atom. The first-order valence-electron chi connectivity index (χ1n) is 4.61. The molecule has 0 atom stereocenters. The third kappa shape index (κ3) is 166. The molecule has 0 aromatic carbocycles. The average Bonchev–Trinajstić information content (AvgIpc) is 2.49. The van der Waals surface area contributed by atoms with Gasteiger partial charge in [0.1, 0.15) is 0 Å². The molecule has 8 heteroatoms. The van der Waals surface area contributed by atoms with Crippen LogP contribution in [0.2, 0.25) is 18.1 Å². The van der Waals surface area contributed by atoms with E-state index in [1.807, 2.05) is 0 Å². The summed E-state index contributed by atoms with van der Waals surface area (Å²) in [5.74, 6) is 0. The van der Waals surface area contributed by atoms with Crippen molar-refractivity contribution in [2.45, 2.75) is 18.1 Å². The SMILES string of the molecule is C#[Si].C#[Si]C=C.C#[Si]CC[Si]#C.C#[Si]C[CH2-].C=[SiH].[PtH].[Pt]. The van der Waals surface area contributed by atoms with Gasteiger partial charge in [0, 0.05) is 39.7 Å². The number of rotatable bonds is 1. The van der Waals surface area contributed by atoms with Crippen molar-refractivity contribution in [3.05, 3.63) is 19.2 Å². The van der Waals surface area contributed by atoms with Crippen LogP contribution in [0.4, 0.5) is 0 Å². The topological polar surface area (TPSA) is 0 Å². The Hall–Kier alpha value is 1.19. The van der Waals surface area contributed by atoms with Crippen LogP contribution in [0.1, 0.15) is 0 Å². The summed E-state index contributed by atoms with van der Waals surface area (Å²) in [5, 5.41) is 0. The van der Waals surface area contributed by atoms with Crippen molar-refractivity contribution < 1.29 is 42.1 Å². The summed E-state index contributed by atoms with van der Waals surface area (Å²) >= 11 is 0. The molecular formula is C12H20Pt2Si6-. The van der Waals surface area contributed by atoms with Gasteiger partial charge in [0.05, 0.1) is 0 Å². The van der Waals surface area contributed by atoms with E-state index in [0.717, 1.165) is 18.1 Å². The van der Waals surface area contributed by atoms with Crippen LogP contribution in [0.15, 0.2) is 12.3 Å². The zero-order chi connectivity index (χ0) is 15.7. The molecule has 2 radical (unpaired) electrons. The van der Waals surface area contributed by atoms with Gasteiger partial charge in [-0.15, -0.1) is 12.2 Å². The maximum absolute atomic E-state index is 5.19. The van der Waals surface area contributed by atoms with E-state index in [1.165, 1.54) is 0 Å². The van der Waals surface area contributed by atoms with E-state index < -0.39 is 0 Å². The van der Waals surface area contributed by atoms with Crippen molar-refractivity contribution in [2.24, 2.45) is 0 Å². The summed E-state index contributed by atoms with van der Waals surface area (Å²) in [7, 11) is 6.76. The average molecular weight is 723 g/mol. The molecule has 0 amide bonds. The van der Waals surface area contributed by atoms with E-state index in [4.69, 9.17) is 24.0 Å². The molecule has 0 rings (SSSR count). The molecule has 0 saturated carbocycles. The van der Waals surface area contributed by atoms with Crippen LogP contribution in [0.25, 0.3) is 0 Å². The van der Waals surface area contributed by atoms with Gasteiger partial charge in [0.2, 0.25) is 0 Å². The third-order valence-electron chi connectivity index (χ3n) is 0.676. The van der Waals surface area contributed by atoms with E-state index in [9.17, 15) is 0 Å². The third-order valence-corrected chi connectivity index (χ3v) is 2.78. The molecule has 0 aromatic heterocycles. The van der Waals surface area contributed by atoms with Crippen LogP contribution >= 0.6 is 0 Å². The Morgan fingerprint density at radius 2 is 1.20 bits per heavy atom. The van der Waals surface area contributed by atoms with Gasteiger partial charge in [-0.3, -0.25) is 0 Å². The minimum absolute atomic E-state index is 0. The van der Waals surface area contributed by atoms with Crippen LogP contribution in [0, 0.1) is 36.9 Å². The molecule has 0 nitrogen and oxygen atoms in total. The zero-order valence-corrected chi connectivity index (χ0v) is 22.3. The summed E-state index contributed by atoms with van der Waals surface area (Å²) < 4.78 is 0. The van der Waals surface area contributed by atoms with Gasteiger partial charge in [0.15, 0.2) is 0 Å². The van der Waals surface area contributed by atoms with E-state index >= 15 is 0 Å². The van der Waals surface area contributed by atoms with E-state index in [2.05, 4.69) is 45.2 Å². The van der Waals surface area contributed by atoms with Gasteiger partial charge in [-0.2, -0.15) is 30.0 Å². The number of hydrogen-bond donors (Lipinski definition) is 0. The molecular weight excluding hydrogens is 703 g/mol. The maximum atomic E-state index is 5.19. The molecule has 0 spiro atoms. The Kier molecular flexibility index (Phi) is 189. The van der Waals surface area contributed by atoms with Crippen molar-refractivity contribution in [2.75, 3.05) is 0 Å². The summed E-state index contributed by atoms with van der Waals surface area (Å²) in [6.45, 7) is 6.86. The fourth-order valence-electron chi connectivity index (χ4n) is 0.144. The van der Waals surface area contributed by atoms with Crippen LogP contribution in [0.5, 0.6) is 0 Å². The molecule has 0 aliphatic heterocycles. The first-order chi connectivity index (χ1) is 8.74. The Labute approximate surface area is 169 Å². The second-order valence-electron chi connectivity index (χ2n) is 1.73. The van der Waals surface area contributed by atoms with Gasteiger partial charge in [-0.05, 0) is 45.6 Å². The first-order valence-corrected chi connectivity index (χ1v) is 11.0. The van der Waals surface area contributed by atoms with Gasteiger partial charge < -0.3 is 6.92 Å². The number of hydrogen-bond acceptors (Lipinski definition) is 0. The fourth-order valence-corrected chi connectivity index (χ4v) is 1.30. The standard InChI is InChI=1S/C4H6Si2.C3H5Si.C3H4Si.CH3Si.CHSi.2Pt.H/c1-5-3-4-6-2;2*1-3-4-2;2*1-2;;;/h1-2H,3-4H2;2H,1,3H2;2-3H,1H2;2H,1H2;1H;;;/q;-1;;;;;;. The van der Waals surface area contributed by atoms with Crippen molar-refractivity contribution in [3.63, 3.8) is 0 Å². The molecule has 0 N–H and O–H groups in total. The first kappa shape index (κ1) is 42.9. The molecule has 0 unspecified atom stereocenters. The Morgan fingerprint density at radius 3 is 1.25 bits per heavy atom. The van der Waals surface area contributed by atoms with Gasteiger partial charge in [-0.1, -0.05) is 15.5 Å². The maximum Gasteiger partial charge on any atom is 0 e. The van der Waals surface area contributed by atoms with E-state index in [-0.39, 0.29) is 42.1 Å². The van der Waals surface area contributed by atoms with Crippen LogP contribution in [-0.2, 0) is 42.1 Å². The smallest absolute Gasteiger partial charge is 0 e. The second-order valence-corrected chi connectivity index (χ2v) is 5.20. The molecule has 0 aliphatic rings. The van der Waals surface area contributed by atoms with E-state index in [0.29, 0.717) is 35.8 Å². The Balaban J connectivity index is -0.0000000219. The van der Waals surface area contributed by atoms with Crippen LogP contribution < -0.4 is 0 Å². The molecule has 0 heterocycles. The monoisotopic (exact) mass is 722 g/mol. The molecule has 0 aliphatic carbocycles. The minimum Gasteiger partial charge on any atom is 0 e. The van der Waals surface area contributed by atoms with Gasteiger partial charge in [0.25, 0.3) is 0 Å². The van der Waals surface area contributed by atoms with Crippen molar-refractivity contribution in [1.82, 2.24) is 0 Å². The summed E-state index contributed by atoms with van der Waals surface area (Å²) in [6.07, 6.45) is 3.17. The molecule has 20 heavy (non-hydrogen) atoms. The van der Waals surface area contributed by atoms with Crippen molar-refractivity contribution in [3.8, 4) is 30.0 Å². The predicted molar refractivity (Wildman–Crippen MR) is 99.1 cm³/mol. The minimum atomic E-state index is 0.